The Morgan fingerprint density at radius 1 is 1.43 bits per heavy atom. The van der Waals surface area contributed by atoms with Crippen molar-refractivity contribution in [2.24, 2.45) is 0 Å². The Hall–Kier alpha value is -1.71. The van der Waals surface area contributed by atoms with E-state index in [4.69, 9.17) is 0 Å². The Kier molecular flexibility index (Phi) is 3.34. The number of methoxy groups -OCH3 is 1. The SMILES string of the molecule is COC(=O)C=Cc1ccc(F)cc1F. The van der Waals surface area contributed by atoms with Crippen LogP contribution in [0.15, 0.2) is 24.3 Å². The Labute approximate surface area is 79.8 Å². The summed E-state index contributed by atoms with van der Waals surface area (Å²) in [5.74, 6) is -1.96. The second-order valence-corrected chi connectivity index (χ2v) is 2.52. The lowest BCUT2D eigenvalue weighted by Crippen LogP contribution is -1.94. The standard InChI is InChI=1S/C10H8F2O2/c1-14-10(13)5-3-7-2-4-8(11)6-9(7)12/h2-6H,1H3. The van der Waals surface area contributed by atoms with Crippen molar-refractivity contribution < 1.29 is 18.3 Å². The number of benzene rings is 1. The Morgan fingerprint density at radius 3 is 2.71 bits per heavy atom. The molecule has 0 aliphatic carbocycles. The van der Waals surface area contributed by atoms with Crippen LogP contribution in [0.1, 0.15) is 5.56 Å². The molecule has 0 unspecified atom stereocenters. The van der Waals surface area contributed by atoms with Crippen LogP contribution in [0.25, 0.3) is 6.08 Å². The first-order chi connectivity index (χ1) is 6.63. The number of carbonyl (C=O) groups excluding carboxylic acids is 1. The highest BCUT2D eigenvalue weighted by molar-refractivity contribution is 5.86. The molecule has 0 heterocycles. The average Bonchev–Trinajstić information content (AvgIpc) is 2.16. The van der Waals surface area contributed by atoms with Gasteiger partial charge >= 0.3 is 5.97 Å². The lowest BCUT2D eigenvalue weighted by atomic mass is 10.2. The van der Waals surface area contributed by atoms with Gasteiger partial charge in [-0.2, -0.15) is 0 Å². The van der Waals surface area contributed by atoms with E-state index < -0.39 is 17.6 Å². The largest absolute Gasteiger partial charge is 0.466 e. The molecule has 1 aromatic rings. The Bertz CT molecular complexity index is 372. The molecular weight excluding hydrogens is 190 g/mol. The van der Waals surface area contributed by atoms with Gasteiger partial charge in [-0.15, -0.1) is 0 Å². The molecule has 74 valence electrons. The van der Waals surface area contributed by atoms with Crippen molar-refractivity contribution >= 4 is 12.0 Å². The van der Waals surface area contributed by atoms with Gasteiger partial charge in [0, 0.05) is 17.7 Å². The maximum atomic E-state index is 13.0. The first-order valence-electron chi connectivity index (χ1n) is 3.84. The molecule has 0 saturated heterocycles. The van der Waals surface area contributed by atoms with Crippen LogP contribution in [0.2, 0.25) is 0 Å². The summed E-state index contributed by atoms with van der Waals surface area (Å²) in [5.41, 5.74) is 0.136. The molecule has 0 aliphatic rings. The molecular formula is C10H8F2O2. The number of rotatable bonds is 2. The third-order valence-corrected chi connectivity index (χ3v) is 1.56. The molecule has 0 atom stereocenters. The molecule has 0 aromatic heterocycles. The molecule has 14 heavy (non-hydrogen) atoms. The monoisotopic (exact) mass is 198 g/mol. The van der Waals surface area contributed by atoms with E-state index in [1.54, 1.807) is 0 Å². The van der Waals surface area contributed by atoms with Crippen LogP contribution in [0.4, 0.5) is 8.78 Å². The van der Waals surface area contributed by atoms with Crippen molar-refractivity contribution in [3.05, 3.63) is 41.5 Å². The number of carbonyl (C=O) groups is 1. The van der Waals surface area contributed by atoms with E-state index >= 15 is 0 Å². The number of hydrogen-bond donors (Lipinski definition) is 0. The lowest BCUT2D eigenvalue weighted by Gasteiger charge is -1.96. The van der Waals surface area contributed by atoms with Gasteiger partial charge in [0.2, 0.25) is 0 Å². The van der Waals surface area contributed by atoms with Crippen LogP contribution in [-0.2, 0) is 9.53 Å². The van der Waals surface area contributed by atoms with Crippen LogP contribution in [0, 0.1) is 11.6 Å². The predicted octanol–water partition coefficient (Wildman–Crippen LogP) is 2.15. The first-order valence-corrected chi connectivity index (χ1v) is 3.84. The van der Waals surface area contributed by atoms with E-state index in [0.29, 0.717) is 0 Å². The van der Waals surface area contributed by atoms with E-state index in [2.05, 4.69) is 4.74 Å². The fourth-order valence-corrected chi connectivity index (χ4v) is 0.863. The number of esters is 1. The first kappa shape index (κ1) is 10.4. The third kappa shape index (κ3) is 2.65. The fraction of sp³-hybridized carbons (Fsp3) is 0.100. The quantitative estimate of drug-likeness (QED) is 0.537. The van der Waals surface area contributed by atoms with E-state index in [0.717, 1.165) is 18.2 Å². The van der Waals surface area contributed by atoms with Crippen molar-refractivity contribution in [2.45, 2.75) is 0 Å². The summed E-state index contributed by atoms with van der Waals surface area (Å²) >= 11 is 0. The highest BCUT2D eigenvalue weighted by atomic mass is 19.1. The zero-order chi connectivity index (χ0) is 10.6. The smallest absolute Gasteiger partial charge is 0.330 e. The van der Waals surface area contributed by atoms with Crippen molar-refractivity contribution in [3.63, 3.8) is 0 Å². The summed E-state index contributed by atoms with van der Waals surface area (Å²) in [4.78, 5) is 10.7. The zero-order valence-electron chi connectivity index (χ0n) is 7.46. The van der Waals surface area contributed by atoms with E-state index in [1.165, 1.54) is 19.3 Å². The van der Waals surface area contributed by atoms with Crippen molar-refractivity contribution in [1.82, 2.24) is 0 Å². The van der Waals surface area contributed by atoms with Crippen molar-refractivity contribution in [3.8, 4) is 0 Å². The molecule has 0 radical (unpaired) electrons. The summed E-state index contributed by atoms with van der Waals surface area (Å²) in [6.45, 7) is 0. The molecule has 0 bridgehead atoms. The minimum atomic E-state index is -0.717. The molecule has 4 heteroatoms. The zero-order valence-corrected chi connectivity index (χ0v) is 7.46. The molecule has 1 aromatic carbocycles. The predicted molar refractivity (Wildman–Crippen MR) is 47.4 cm³/mol. The lowest BCUT2D eigenvalue weighted by molar-refractivity contribution is -0.134. The number of halogens is 2. The summed E-state index contributed by atoms with van der Waals surface area (Å²) in [7, 11) is 1.22. The minimum Gasteiger partial charge on any atom is -0.466 e. The van der Waals surface area contributed by atoms with Gasteiger partial charge in [0.1, 0.15) is 11.6 Å². The number of hydrogen-bond acceptors (Lipinski definition) is 2. The van der Waals surface area contributed by atoms with E-state index in [1.807, 2.05) is 0 Å². The molecule has 0 spiro atoms. The van der Waals surface area contributed by atoms with Crippen LogP contribution in [-0.4, -0.2) is 13.1 Å². The Balaban J connectivity index is 2.87. The summed E-state index contributed by atoms with van der Waals surface area (Å²) in [5, 5.41) is 0. The molecule has 1 rings (SSSR count). The minimum absolute atomic E-state index is 0.136. The van der Waals surface area contributed by atoms with Crippen LogP contribution in [0.3, 0.4) is 0 Å². The van der Waals surface area contributed by atoms with Gasteiger partial charge in [-0.05, 0) is 18.2 Å². The third-order valence-electron chi connectivity index (χ3n) is 1.56. The van der Waals surface area contributed by atoms with Gasteiger partial charge in [0.05, 0.1) is 7.11 Å². The molecule has 0 amide bonds. The molecule has 0 fully saturated rings. The molecule has 2 nitrogen and oxygen atoms in total. The summed E-state index contributed by atoms with van der Waals surface area (Å²) < 4.78 is 29.7. The van der Waals surface area contributed by atoms with Crippen LogP contribution >= 0.6 is 0 Å². The fourth-order valence-electron chi connectivity index (χ4n) is 0.863. The maximum Gasteiger partial charge on any atom is 0.330 e. The second kappa shape index (κ2) is 4.50. The van der Waals surface area contributed by atoms with Gasteiger partial charge in [0.15, 0.2) is 0 Å². The molecule has 0 aliphatic heterocycles. The topological polar surface area (TPSA) is 26.3 Å². The molecule has 0 saturated carbocycles. The number of ether oxygens (including phenoxy) is 1. The van der Waals surface area contributed by atoms with E-state index in [9.17, 15) is 13.6 Å². The van der Waals surface area contributed by atoms with Gasteiger partial charge in [-0.25, -0.2) is 13.6 Å². The van der Waals surface area contributed by atoms with Gasteiger partial charge < -0.3 is 4.74 Å². The molecule has 0 N–H and O–H groups in total. The average molecular weight is 198 g/mol. The summed E-state index contributed by atoms with van der Waals surface area (Å²) in [6, 6.07) is 3.10. The Morgan fingerprint density at radius 2 is 2.14 bits per heavy atom. The highest BCUT2D eigenvalue weighted by Gasteiger charge is 2.00. The van der Waals surface area contributed by atoms with Crippen molar-refractivity contribution in [1.29, 1.82) is 0 Å². The van der Waals surface area contributed by atoms with Gasteiger partial charge in [0.25, 0.3) is 0 Å². The van der Waals surface area contributed by atoms with Crippen LogP contribution in [0.5, 0.6) is 0 Å². The highest BCUT2D eigenvalue weighted by Crippen LogP contribution is 2.10. The van der Waals surface area contributed by atoms with E-state index in [-0.39, 0.29) is 5.56 Å². The normalized spacial score (nSPS) is 10.5. The van der Waals surface area contributed by atoms with Gasteiger partial charge in [-0.1, -0.05) is 0 Å². The maximum absolute atomic E-state index is 13.0. The van der Waals surface area contributed by atoms with Gasteiger partial charge in [-0.3, -0.25) is 0 Å². The van der Waals surface area contributed by atoms with Crippen LogP contribution < -0.4 is 0 Å². The second-order valence-electron chi connectivity index (χ2n) is 2.52. The van der Waals surface area contributed by atoms with Crippen molar-refractivity contribution in [2.75, 3.05) is 7.11 Å². The summed E-state index contributed by atoms with van der Waals surface area (Å²) in [6.07, 6.45) is 2.29.